The minimum atomic E-state index is -2.75. The maximum absolute atomic E-state index is 15.4. The van der Waals surface area contributed by atoms with Crippen LogP contribution in [0.1, 0.15) is 30.0 Å². The van der Waals surface area contributed by atoms with Gasteiger partial charge in [-0.25, -0.2) is 0 Å². The summed E-state index contributed by atoms with van der Waals surface area (Å²) in [6.07, 6.45) is -10.1. The summed E-state index contributed by atoms with van der Waals surface area (Å²) in [6, 6.07) is 27.7. The van der Waals surface area contributed by atoms with Crippen LogP contribution in [0.2, 0.25) is 18.6 Å². The molecule has 6 N–H and O–H groups in total. The van der Waals surface area contributed by atoms with Crippen molar-refractivity contribution in [3.63, 3.8) is 0 Å². The van der Waals surface area contributed by atoms with Gasteiger partial charge < -0.3 is 54.9 Å². The molecule has 3 aliphatic heterocycles. The Hall–Kier alpha value is -5.57. The highest BCUT2D eigenvalue weighted by Gasteiger charge is 2.67. The van der Waals surface area contributed by atoms with Crippen molar-refractivity contribution in [1.82, 2.24) is 4.90 Å². The number of non-ortho nitro benzene ring substituents is 1. The number of hydrogen-bond donors (Lipinski definition) is 6. The highest BCUT2D eigenvalue weighted by atomic mass is 28.3. The molecular formula is C45H52N4O13Si. The number of carbonyl (C=O) groups excluding carboxylic acids is 3. The number of nitrogens with zero attached hydrogens (tertiary/aromatic N) is 3. The Morgan fingerprint density at radius 2 is 1.63 bits per heavy atom. The Morgan fingerprint density at radius 1 is 0.937 bits per heavy atom. The number of ether oxygens (including phenoxy) is 3. The number of aliphatic hydroxyl groups excluding tert-OH is 5. The number of anilines is 2. The topological polar surface area (TPSA) is 242 Å². The fourth-order valence-corrected chi connectivity index (χ4v) is 13.5. The number of nitro groups is 1. The standard InChI is InChI=1S/C45H52N4O13Si/c1-26-41(63(3,4)32-16-14-31(60-2)15-17-32)35(23-36(51)47(19-20-50)24-27-9-6-5-7-10-27)62-45(26)33-22-30(49(58)59)13-18-34(33)48(44(45)57)25-28-11-8-12-29(21-28)46-42(55)40-38(53)37(52)39(54)43(56)61-40/h5-18,21-22,26,35,37-41,43,50,52-54,56H,19-20,23-25H2,1-4H3,(H,46,55)/t26-,35+,37-,38-,39+,40-,41-,43+,45+/m0/s1. The zero-order valence-corrected chi connectivity index (χ0v) is 36.2. The number of carbonyl (C=O) groups is 3. The van der Waals surface area contributed by atoms with Gasteiger partial charge in [-0.05, 0) is 47.0 Å². The third-order valence-corrected chi connectivity index (χ3v) is 17.1. The highest BCUT2D eigenvalue weighted by Crippen LogP contribution is 2.60. The molecule has 334 valence electrons. The number of methoxy groups -OCH3 is 1. The van der Waals surface area contributed by atoms with Crippen molar-refractivity contribution >= 4 is 48.0 Å². The van der Waals surface area contributed by atoms with E-state index in [4.69, 9.17) is 14.2 Å². The van der Waals surface area contributed by atoms with E-state index < -0.39 is 78.7 Å². The van der Waals surface area contributed by atoms with Crippen molar-refractivity contribution in [2.24, 2.45) is 5.92 Å². The molecule has 0 aliphatic carbocycles. The molecule has 0 unspecified atom stereocenters. The van der Waals surface area contributed by atoms with Gasteiger partial charge in [0, 0.05) is 42.4 Å². The van der Waals surface area contributed by atoms with Gasteiger partial charge in [-0.1, -0.05) is 79.8 Å². The highest BCUT2D eigenvalue weighted by molar-refractivity contribution is 6.91. The first kappa shape index (κ1) is 45.5. The molecule has 3 heterocycles. The van der Waals surface area contributed by atoms with E-state index >= 15 is 4.79 Å². The normalized spacial score (nSPS) is 26.7. The number of nitrogens with one attached hydrogen (secondary N) is 1. The first-order valence-corrected chi connectivity index (χ1v) is 23.7. The van der Waals surface area contributed by atoms with Gasteiger partial charge in [0.15, 0.2) is 18.0 Å². The number of benzene rings is 4. The average molecular weight is 885 g/mol. The average Bonchev–Trinajstić information content (AvgIpc) is 3.69. The first-order chi connectivity index (χ1) is 30.0. The molecule has 1 spiro atoms. The zero-order valence-electron chi connectivity index (χ0n) is 35.2. The molecular weight excluding hydrogens is 833 g/mol. The van der Waals surface area contributed by atoms with Crippen molar-refractivity contribution in [1.29, 1.82) is 0 Å². The summed E-state index contributed by atoms with van der Waals surface area (Å²) in [5.41, 5.74) is -0.152. The molecule has 0 saturated carbocycles. The molecule has 9 atom stereocenters. The second kappa shape index (κ2) is 18.3. The molecule has 2 saturated heterocycles. The predicted molar refractivity (Wildman–Crippen MR) is 231 cm³/mol. The van der Waals surface area contributed by atoms with Crippen LogP contribution in [0.4, 0.5) is 17.1 Å². The van der Waals surface area contributed by atoms with E-state index in [1.807, 2.05) is 61.5 Å². The van der Waals surface area contributed by atoms with Gasteiger partial charge in [0.1, 0.15) is 24.1 Å². The molecule has 3 aliphatic rings. The Balaban J connectivity index is 1.25. The maximum Gasteiger partial charge on any atom is 0.269 e. The third-order valence-electron chi connectivity index (χ3n) is 12.7. The van der Waals surface area contributed by atoms with Crippen LogP contribution in [0.15, 0.2) is 97.1 Å². The van der Waals surface area contributed by atoms with Crippen LogP contribution in [0.5, 0.6) is 5.75 Å². The van der Waals surface area contributed by atoms with Crippen LogP contribution in [0.3, 0.4) is 0 Å². The summed E-state index contributed by atoms with van der Waals surface area (Å²) >= 11 is 0. The number of aliphatic hydroxyl groups is 5. The van der Waals surface area contributed by atoms with Gasteiger partial charge in [0.2, 0.25) is 5.91 Å². The van der Waals surface area contributed by atoms with Gasteiger partial charge in [-0.3, -0.25) is 24.5 Å². The van der Waals surface area contributed by atoms with E-state index in [-0.39, 0.29) is 55.5 Å². The van der Waals surface area contributed by atoms with Crippen LogP contribution >= 0.6 is 0 Å². The lowest BCUT2D eigenvalue weighted by atomic mass is 9.82. The Morgan fingerprint density at radius 3 is 2.30 bits per heavy atom. The van der Waals surface area contributed by atoms with Crippen molar-refractivity contribution in [3.8, 4) is 5.75 Å². The summed E-state index contributed by atoms with van der Waals surface area (Å²) in [5.74, 6) is -1.65. The molecule has 0 bridgehead atoms. The summed E-state index contributed by atoms with van der Waals surface area (Å²) in [5, 5.41) is 66.3. The predicted octanol–water partition coefficient (Wildman–Crippen LogP) is 2.52. The molecule has 0 radical (unpaired) electrons. The van der Waals surface area contributed by atoms with Crippen LogP contribution < -0.4 is 20.1 Å². The lowest BCUT2D eigenvalue weighted by Gasteiger charge is -2.37. The molecule has 4 aromatic carbocycles. The van der Waals surface area contributed by atoms with Gasteiger partial charge in [0.05, 0.1) is 51.5 Å². The van der Waals surface area contributed by atoms with Crippen LogP contribution in [0, 0.1) is 16.0 Å². The minimum absolute atomic E-state index is 0.0632. The van der Waals surface area contributed by atoms with E-state index in [1.54, 1.807) is 36.3 Å². The minimum Gasteiger partial charge on any atom is -0.497 e. The number of amides is 3. The molecule has 3 amide bonds. The largest absolute Gasteiger partial charge is 0.497 e. The van der Waals surface area contributed by atoms with E-state index in [2.05, 4.69) is 18.4 Å². The Labute approximate surface area is 364 Å². The summed E-state index contributed by atoms with van der Waals surface area (Å²) in [6.45, 7) is 6.15. The van der Waals surface area contributed by atoms with E-state index in [0.717, 1.165) is 10.8 Å². The van der Waals surface area contributed by atoms with E-state index in [0.29, 0.717) is 17.0 Å². The quantitative estimate of drug-likeness (QED) is 0.0607. The molecule has 7 rings (SSSR count). The Kier molecular flexibility index (Phi) is 13.2. The van der Waals surface area contributed by atoms with Crippen LogP contribution in [-0.2, 0) is 42.5 Å². The zero-order chi connectivity index (χ0) is 45.4. The molecule has 2 fully saturated rings. The van der Waals surface area contributed by atoms with Gasteiger partial charge in [-0.15, -0.1) is 0 Å². The summed E-state index contributed by atoms with van der Waals surface area (Å²) in [4.78, 5) is 57.8. The first-order valence-electron chi connectivity index (χ1n) is 20.6. The van der Waals surface area contributed by atoms with Crippen molar-refractivity contribution < 1.29 is 59.1 Å². The number of fused-ring (bicyclic) bond motifs is 2. The molecule has 18 heteroatoms. The van der Waals surface area contributed by atoms with Crippen LogP contribution in [0.25, 0.3) is 0 Å². The van der Waals surface area contributed by atoms with Gasteiger partial charge in [-0.2, -0.15) is 0 Å². The second-order valence-corrected chi connectivity index (χ2v) is 21.5. The Bertz CT molecular complexity index is 2340. The van der Waals surface area contributed by atoms with Crippen LogP contribution in [-0.4, -0.2) is 118 Å². The van der Waals surface area contributed by atoms with Gasteiger partial charge in [0.25, 0.3) is 17.5 Å². The second-order valence-electron chi connectivity index (χ2n) is 16.8. The lowest BCUT2D eigenvalue weighted by Crippen LogP contribution is -2.60. The number of hydrogen-bond acceptors (Lipinski definition) is 13. The fraction of sp³-hybridized carbons (Fsp3) is 0.400. The summed E-state index contributed by atoms with van der Waals surface area (Å²) < 4.78 is 17.6. The van der Waals surface area contributed by atoms with E-state index in [9.17, 15) is 45.2 Å². The van der Waals surface area contributed by atoms with Gasteiger partial charge >= 0.3 is 0 Å². The molecule has 63 heavy (non-hydrogen) atoms. The van der Waals surface area contributed by atoms with Crippen molar-refractivity contribution in [2.75, 3.05) is 30.5 Å². The summed E-state index contributed by atoms with van der Waals surface area (Å²) in [7, 11) is -1.18. The molecule has 4 aromatic rings. The molecule has 17 nitrogen and oxygen atoms in total. The van der Waals surface area contributed by atoms with E-state index in [1.165, 1.54) is 23.1 Å². The number of nitro benzene ring substituents is 1. The smallest absolute Gasteiger partial charge is 0.269 e. The van der Waals surface area contributed by atoms with Crippen molar-refractivity contribution in [3.05, 3.63) is 124 Å². The monoisotopic (exact) mass is 884 g/mol. The third kappa shape index (κ3) is 8.60. The van der Waals surface area contributed by atoms with Crippen molar-refractivity contribution in [2.45, 2.75) is 87.5 Å². The SMILES string of the molecule is COc1ccc([Si](C)(C)[C@@H]2[C@@H](CC(=O)N(CCO)Cc3ccccc3)O[C@]3(C(=O)N(Cc4cccc(NC(=O)[C@H]5O[C@@H](O)[C@H](O)[C@@H](O)[C@@H]5O)c4)c4ccc([N+](=O)[O-])cc43)[C@H]2C)cc1. The lowest BCUT2D eigenvalue weighted by molar-refractivity contribution is -0.385. The number of rotatable bonds is 14. The molecule has 0 aromatic heterocycles. The fourth-order valence-electron chi connectivity index (χ4n) is 9.51. The maximum atomic E-state index is 15.4.